The minimum Gasteiger partial charge on any atom is -0.466 e. The van der Waals surface area contributed by atoms with E-state index < -0.39 is 0 Å². The lowest BCUT2D eigenvalue weighted by Gasteiger charge is -2.22. The van der Waals surface area contributed by atoms with Crippen molar-refractivity contribution in [2.45, 2.75) is 32.6 Å². The van der Waals surface area contributed by atoms with E-state index in [9.17, 15) is 4.79 Å². The molecule has 2 nitrogen and oxygen atoms in total. The number of rotatable bonds is 3. The molecular formula is C15H18O2. The first-order valence-electron chi connectivity index (χ1n) is 6.16. The molecule has 0 aromatic heterocycles. The predicted molar refractivity (Wildman–Crippen MR) is 68.7 cm³/mol. The molecule has 0 spiro atoms. The van der Waals surface area contributed by atoms with E-state index in [0.29, 0.717) is 18.9 Å². The second-order valence-corrected chi connectivity index (χ2v) is 4.44. The van der Waals surface area contributed by atoms with Gasteiger partial charge in [0.15, 0.2) is 0 Å². The van der Waals surface area contributed by atoms with E-state index in [4.69, 9.17) is 4.74 Å². The standard InChI is InChI=1S/C15H18O2/c1-3-17-15(16)10-12-9-8-11(2)13-6-4-5-7-14(12)13/h4-7,9,11H,3,8,10H2,1-2H3. The molecule has 1 atom stereocenters. The maximum atomic E-state index is 11.5. The number of allylic oxidation sites excluding steroid dienone is 1. The minimum absolute atomic E-state index is 0.136. The van der Waals surface area contributed by atoms with Crippen LogP contribution in [-0.2, 0) is 9.53 Å². The number of carbonyl (C=O) groups is 1. The van der Waals surface area contributed by atoms with Crippen LogP contribution in [0.15, 0.2) is 30.3 Å². The normalized spacial score (nSPS) is 18.2. The molecule has 0 fully saturated rings. The van der Waals surface area contributed by atoms with Crippen LogP contribution in [0.1, 0.15) is 43.7 Å². The Kier molecular flexibility index (Phi) is 3.62. The summed E-state index contributed by atoms with van der Waals surface area (Å²) in [7, 11) is 0. The van der Waals surface area contributed by atoms with E-state index in [-0.39, 0.29) is 5.97 Å². The number of hydrogen-bond acceptors (Lipinski definition) is 2. The third-order valence-corrected chi connectivity index (χ3v) is 3.20. The van der Waals surface area contributed by atoms with Crippen LogP contribution in [0, 0.1) is 0 Å². The summed E-state index contributed by atoms with van der Waals surface area (Å²) in [6, 6.07) is 8.33. The Balaban J connectivity index is 2.22. The fourth-order valence-corrected chi connectivity index (χ4v) is 2.31. The van der Waals surface area contributed by atoms with Crippen molar-refractivity contribution in [2.24, 2.45) is 0 Å². The number of fused-ring (bicyclic) bond motifs is 1. The zero-order valence-corrected chi connectivity index (χ0v) is 10.4. The highest BCUT2D eigenvalue weighted by atomic mass is 16.5. The van der Waals surface area contributed by atoms with Gasteiger partial charge in [-0.2, -0.15) is 0 Å². The second kappa shape index (κ2) is 5.17. The molecule has 0 heterocycles. The highest BCUT2D eigenvalue weighted by Crippen LogP contribution is 2.35. The van der Waals surface area contributed by atoms with Gasteiger partial charge in [-0.1, -0.05) is 37.3 Å². The zero-order valence-electron chi connectivity index (χ0n) is 10.4. The number of esters is 1. The van der Waals surface area contributed by atoms with Crippen molar-refractivity contribution in [2.75, 3.05) is 6.61 Å². The van der Waals surface area contributed by atoms with Gasteiger partial charge in [-0.25, -0.2) is 0 Å². The van der Waals surface area contributed by atoms with E-state index in [0.717, 1.165) is 12.0 Å². The van der Waals surface area contributed by atoms with Crippen molar-refractivity contribution in [1.29, 1.82) is 0 Å². The SMILES string of the molecule is CCOC(=O)CC1=CCC(C)c2ccccc21. The van der Waals surface area contributed by atoms with E-state index >= 15 is 0 Å². The summed E-state index contributed by atoms with van der Waals surface area (Å²) >= 11 is 0. The largest absolute Gasteiger partial charge is 0.466 e. The summed E-state index contributed by atoms with van der Waals surface area (Å²) in [5, 5.41) is 0. The number of benzene rings is 1. The van der Waals surface area contributed by atoms with Crippen LogP contribution in [0.5, 0.6) is 0 Å². The quantitative estimate of drug-likeness (QED) is 0.742. The lowest BCUT2D eigenvalue weighted by molar-refractivity contribution is -0.141. The Labute approximate surface area is 102 Å². The molecule has 0 radical (unpaired) electrons. The van der Waals surface area contributed by atoms with Crippen LogP contribution in [-0.4, -0.2) is 12.6 Å². The molecule has 0 aliphatic heterocycles. The predicted octanol–water partition coefficient (Wildman–Crippen LogP) is 3.53. The molecule has 1 aliphatic carbocycles. The van der Waals surface area contributed by atoms with Crippen molar-refractivity contribution in [3.8, 4) is 0 Å². The molecule has 0 saturated carbocycles. The first kappa shape index (κ1) is 11.9. The third kappa shape index (κ3) is 2.57. The number of hydrogen-bond donors (Lipinski definition) is 0. The lowest BCUT2D eigenvalue weighted by atomic mass is 9.83. The van der Waals surface area contributed by atoms with Crippen LogP contribution in [0.4, 0.5) is 0 Å². The summed E-state index contributed by atoms with van der Waals surface area (Å²) in [5.74, 6) is 0.403. The Morgan fingerprint density at radius 1 is 1.41 bits per heavy atom. The van der Waals surface area contributed by atoms with Crippen LogP contribution in [0.3, 0.4) is 0 Å². The monoisotopic (exact) mass is 230 g/mol. The van der Waals surface area contributed by atoms with Crippen LogP contribution in [0.25, 0.3) is 5.57 Å². The van der Waals surface area contributed by atoms with Crippen molar-refractivity contribution in [3.05, 3.63) is 41.5 Å². The van der Waals surface area contributed by atoms with Gasteiger partial charge in [0.05, 0.1) is 13.0 Å². The Hall–Kier alpha value is -1.57. The van der Waals surface area contributed by atoms with Gasteiger partial charge < -0.3 is 4.74 Å². The molecule has 0 amide bonds. The van der Waals surface area contributed by atoms with E-state index in [1.807, 2.05) is 13.0 Å². The highest BCUT2D eigenvalue weighted by molar-refractivity contribution is 5.86. The topological polar surface area (TPSA) is 26.3 Å². The third-order valence-electron chi connectivity index (χ3n) is 3.20. The first-order chi connectivity index (χ1) is 8.22. The van der Waals surface area contributed by atoms with Gasteiger partial charge in [0, 0.05) is 0 Å². The number of ether oxygens (including phenoxy) is 1. The van der Waals surface area contributed by atoms with Gasteiger partial charge in [-0.15, -0.1) is 0 Å². The first-order valence-corrected chi connectivity index (χ1v) is 6.16. The molecule has 2 heteroatoms. The molecule has 2 rings (SSSR count). The Morgan fingerprint density at radius 2 is 2.18 bits per heavy atom. The van der Waals surface area contributed by atoms with Crippen molar-refractivity contribution in [1.82, 2.24) is 0 Å². The molecule has 17 heavy (non-hydrogen) atoms. The second-order valence-electron chi connectivity index (χ2n) is 4.44. The highest BCUT2D eigenvalue weighted by Gasteiger charge is 2.19. The lowest BCUT2D eigenvalue weighted by Crippen LogP contribution is -2.09. The average Bonchev–Trinajstić information content (AvgIpc) is 2.34. The molecule has 0 saturated heterocycles. The van der Waals surface area contributed by atoms with E-state index in [1.165, 1.54) is 11.1 Å². The maximum Gasteiger partial charge on any atom is 0.310 e. The van der Waals surface area contributed by atoms with E-state index in [1.54, 1.807) is 0 Å². The van der Waals surface area contributed by atoms with Gasteiger partial charge >= 0.3 is 5.97 Å². The van der Waals surface area contributed by atoms with Gasteiger partial charge in [0.25, 0.3) is 0 Å². The van der Waals surface area contributed by atoms with Gasteiger partial charge in [0.2, 0.25) is 0 Å². The molecule has 0 bridgehead atoms. The molecule has 0 N–H and O–H groups in total. The molecular weight excluding hydrogens is 212 g/mol. The Morgan fingerprint density at radius 3 is 2.94 bits per heavy atom. The van der Waals surface area contributed by atoms with Gasteiger partial charge in [-0.3, -0.25) is 4.79 Å². The average molecular weight is 230 g/mol. The molecule has 1 aliphatic rings. The summed E-state index contributed by atoms with van der Waals surface area (Å²) < 4.78 is 5.01. The summed E-state index contributed by atoms with van der Waals surface area (Å²) in [6.07, 6.45) is 3.56. The maximum absolute atomic E-state index is 11.5. The molecule has 1 aromatic carbocycles. The molecule has 1 unspecified atom stereocenters. The van der Waals surface area contributed by atoms with Crippen molar-refractivity contribution in [3.63, 3.8) is 0 Å². The fourth-order valence-electron chi connectivity index (χ4n) is 2.31. The molecule has 1 aromatic rings. The van der Waals surface area contributed by atoms with Crippen molar-refractivity contribution >= 4 is 11.5 Å². The Bertz CT molecular complexity index is 446. The van der Waals surface area contributed by atoms with Crippen LogP contribution >= 0.6 is 0 Å². The smallest absolute Gasteiger partial charge is 0.310 e. The van der Waals surface area contributed by atoms with Crippen LogP contribution < -0.4 is 0 Å². The van der Waals surface area contributed by atoms with Gasteiger partial charge in [-0.05, 0) is 36.0 Å². The number of carbonyl (C=O) groups excluding carboxylic acids is 1. The van der Waals surface area contributed by atoms with E-state index in [2.05, 4.69) is 31.2 Å². The zero-order chi connectivity index (χ0) is 12.3. The van der Waals surface area contributed by atoms with Crippen molar-refractivity contribution < 1.29 is 9.53 Å². The van der Waals surface area contributed by atoms with Gasteiger partial charge in [0.1, 0.15) is 0 Å². The minimum atomic E-state index is -0.136. The summed E-state index contributed by atoms with van der Waals surface area (Å²) in [5.41, 5.74) is 3.66. The van der Waals surface area contributed by atoms with Crippen LogP contribution in [0.2, 0.25) is 0 Å². The molecule has 90 valence electrons. The summed E-state index contributed by atoms with van der Waals surface area (Å²) in [6.45, 7) is 4.50. The summed E-state index contributed by atoms with van der Waals surface area (Å²) in [4.78, 5) is 11.5. The fraction of sp³-hybridized carbons (Fsp3) is 0.400.